The molecule has 21 heavy (non-hydrogen) atoms. The second-order valence-corrected chi connectivity index (χ2v) is 6.00. The highest BCUT2D eigenvalue weighted by atomic mass is 16.6. The lowest BCUT2D eigenvalue weighted by atomic mass is 9.74. The monoisotopic (exact) mass is 287 g/mol. The van der Waals surface area contributed by atoms with Gasteiger partial charge in [0.05, 0.1) is 0 Å². The van der Waals surface area contributed by atoms with Crippen molar-refractivity contribution in [2.45, 2.75) is 32.3 Å². The number of carbonyl (C=O) groups excluding carboxylic acids is 2. The fourth-order valence-electron chi connectivity index (χ4n) is 3.45. The Morgan fingerprint density at radius 1 is 1.24 bits per heavy atom. The Bertz CT molecular complexity index is 514. The van der Waals surface area contributed by atoms with Crippen LogP contribution in [0.4, 0.5) is 4.79 Å². The van der Waals surface area contributed by atoms with Crippen molar-refractivity contribution in [1.29, 1.82) is 0 Å². The highest BCUT2D eigenvalue weighted by Crippen LogP contribution is 2.34. The van der Waals surface area contributed by atoms with E-state index in [1.807, 2.05) is 30.3 Å². The molecule has 112 valence electrons. The molecular weight excluding hydrogens is 266 g/mol. The number of amides is 1. The van der Waals surface area contributed by atoms with Crippen molar-refractivity contribution in [2.75, 3.05) is 13.1 Å². The zero-order chi connectivity index (χ0) is 14.7. The van der Waals surface area contributed by atoms with Gasteiger partial charge in [-0.25, -0.2) is 4.79 Å². The number of ketones is 1. The van der Waals surface area contributed by atoms with Crippen LogP contribution in [0.3, 0.4) is 0 Å². The van der Waals surface area contributed by atoms with Gasteiger partial charge >= 0.3 is 6.09 Å². The molecule has 4 heteroatoms. The number of hydrogen-bond acceptors (Lipinski definition) is 3. The lowest BCUT2D eigenvalue weighted by Gasteiger charge is -2.39. The number of hydrogen-bond donors (Lipinski definition) is 0. The Labute approximate surface area is 125 Å². The molecule has 1 saturated carbocycles. The average Bonchev–Trinajstić information content (AvgIpc) is 2.53. The van der Waals surface area contributed by atoms with Gasteiger partial charge in [0, 0.05) is 25.4 Å². The number of nitrogens with zero attached hydrogens (tertiary/aromatic N) is 1. The molecule has 2 fully saturated rings. The van der Waals surface area contributed by atoms with Gasteiger partial charge in [-0.3, -0.25) is 4.79 Å². The molecule has 1 aliphatic carbocycles. The van der Waals surface area contributed by atoms with E-state index in [0.29, 0.717) is 31.4 Å². The number of carbonyl (C=O) groups is 2. The van der Waals surface area contributed by atoms with Gasteiger partial charge in [0.1, 0.15) is 12.4 Å². The fraction of sp³-hybridized carbons (Fsp3) is 0.529. The van der Waals surface area contributed by atoms with E-state index < -0.39 is 0 Å². The zero-order valence-corrected chi connectivity index (χ0v) is 12.2. The van der Waals surface area contributed by atoms with Gasteiger partial charge in [-0.2, -0.15) is 0 Å². The molecule has 1 aromatic carbocycles. The summed E-state index contributed by atoms with van der Waals surface area (Å²) >= 11 is 0. The Balaban J connectivity index is 1.53. The second kappa shape index (κ2) is 6.29. The summed E-state index contributed by atoms with van der Waals surface area (Å²) in [5.41, 5.74) is 0.994. The molecule has 4 nitrogen and oxygen atoms in total. The normalized spacial score (nSPS) is 25.3. The zero-order valence-electron chi connectivity index (χ0n) is 12.2. The first-order valence-corrected chi connectivity index (χ1v) is 7.72. The lowest BCUT2D eigenvalue weighted by Crippen LogP contribution is -2.47. The molecule has 1 aromatic rings. The highest BCUT2D eigenvalue weighted by Gasteiger charge is 2.37. The van der Waals surface area contributed by atoms with E-state index in [9.17, 15) is 9.59 Å². The SMILES string of the molecule is O=C1CCC[C@@H]2CN(C(=O)OCc3ccccc3)CC[C@@H]12. The van der Waals surface area contributed by atoms with Gasteiger partial charge in [0.2, 0.25) is 0 Å². The van der Waals surface area contributed by atoms with Crippen molar-refractivity contribution in [1.82, 2.24) is 4.90 Å². The fourth-order valence-corrected chi connectivity index (χ4v) is 3.45. The van der Waals surface area contributed by atoms with E-state index in [1.54, 1.807) is 4.90 Å². The maximum absolute atomic E-state index is 12.1. The minimum absolute atomic E-state index is 0.178. The van der Waals surface area contributed by atoms with Crippen LogP contribution in [0, 0.1) is 11.8 Å². The van der Waals surface area contributed by atoms with E-state index in [1.165, 1.54) is 0 Å². The molecule has 2 atom stereocenters. The largest absolute Gasteiger partial charge is 0.445 e. The van der Waals surface area contributed by atoms with Crippen molar-refractivity contribution < 1.29 is 14.3 Å². The summed E-state index contributed by atoms with van der Waals surface area (Å²) < 4.78 is 5.38. The Morgan fingerprint density at radius 2 is 2.05 bits per heavy atom. The van der Waals surface area contributed by atoms with Crippen molar-refractivity contribution in [2.24, 2.45) is 11.8 Å². The van der Waals surface area contributed by atoms with Gasteiger partial charge in [-0.15, -0.1) is 0 Å². The molecule has 0 N–H and O–H groups in total. The molecule has 0 unspecified atom stereocenters. The van der Waals surface area contributed by atoms with Crippen LogP contribution >= 0.6 is 0 Å². The summed E-state index contributed by atoms with van der Waals surface area (Å²) in [4.78, 5) is 25.8. The summed E-state index contributed by atoms with van der Waals surface area (Å²) in [5.74, 6) is 0.907. The Kier molecular flexibility index (Phi) is 4.23. The highest BCUT2D eigenvalue weighted by molar-refractivity contribution is 5.82. The number of benzene rings is 1. The van der Waals surface area contributed by atoms with Crippen LogP contribution in [0.25, 0.3) is 0 Å². The first-order valence-electron chi connectivity index (χ1n) is 7.72. The van der Waals surface area contributed by atoms with E-state index in [2.05, 4.69) is 0 Å². The van der Waals surface area contributed by atoms with Crippen LogP contribution in [0.2, 0.25) is 0 Å². The molecule has 0 bridgehead atoms. The van der Waals surface area contributed by atoms with Crippen LogP contribution in [0.15, 0.2) is 30.3 Å². The standard InChI is InChI=1S/C17H21NO3/c19-16-8-4-7-14-11-18(10-9-15(14)16)17(20)21-12-13-5-2-1-3-6-13/h1-3,5-6,14-15H,4,7-12H2/t14-,15-/m1/s1. The maximum atomic E-state index is 12.1. The van der Waals surface area contributed by atoms with Crippen molar-refractivity contribution in [3.63, 3.8) is 0 Å². The third-order valence-corrected chi connectivity index (χ3v) is 4.61. The molecule has 1 amide bonds. The van der Waals surface area contributed by atoms with Crippen LogP contribution in [0.1, 0.15) is 31.2 Å². The van der Waals surface area contributed by atoms with Crippen molar-refractivity contribution >= 4 is 11.9 Å². The van der Waals surface area contributed by atoms with Gasteiger partial charge in [-0.1, -0.05) is 30.3 Å². The average molecular weight is 287 g/mol. The summed E-state index contributed by atoms with van der Waals surface area (Å²) in [6.07, 6.45) is 3.28. The van der Waals surface area contributed by atoms with Crippen molar-refractivity contribution in [3.8, 4) is 0 Å². The molecular formula is C17H21NO3. The maximum Gasteiger partial charge on any atom is 0.410 e. The first-order chi connectivity index (χ1) is 10.2. The summed E-state index contributed by atoms with van der Waals surface area (Å²) in [5, 5.41) is 0. The number of fused-ring (bicyclic) bond motifs is 1. The van der Waals surface area contributed by atoms with E-state index >= 15 is 0 Å². The van der Waals surface area contributed by atoms with Gasteiger partial charge in [0.15, 0.2) is 0 Å². The molecule has 0 spiro atoms. The predicted molar refractivity (Wildman–Crippen MR) is 78.7 cm³/mol. The second-order valence-electron chi connectivity index (χ2n) is 6.00. The molecule has 1 heterocycles. The molecule has 0 aromatic heterocycles. The number of piperidine rings is 1. The molecule has 0 radical (unpaired) electrons. The topological polar surface area (TPSA) is 46.6 Å². The van der Waals surface area contributed by atoms with E-state index in [-0.39, 0.29) is 12.0 Å². The van der Waals surface area contributed by atoms with Crippen LogP contribution in [-0.2, 0) is 16.1 Å². The summed E-state index contributed by atoms with van der Waals surface area (Å²) in [6.45, 7) is 1.62. The third kappa shape index (κ3) is 3.26. The van der Waals surface area contributed by atoms with Crippen LogP contribution < -0.4 is 0 Å². The van der Waals surface area contributed by atoms with Gasteiger partial charge < -0.3 is 9.64 Å². The van der Waals surface area contributed by atoms with Crippen LogP contribution in [-0.4, -0.2) is 29.9 Å². The van der Waals surface area contributed by atoms with E-state index in [0.717, 1.165) is 31.2 Å². The van der Waals surface area contributed by atoms with Gasteiger partial charge in [-0.05, 0) is 30.7 Å². The summed E-state index contributed by atoms with van der Waals surface area (Å²) in [7, 11) is 0. The number of likely N-dealkylation sites (tertiary alicyclic amines) is 1. The smallest absolute Gasteiger partial charge is 0.410 e. The van der Waals surface area contributed by atoms with E-state index in [4.69, 9.17) is 4.74 Å². The third-order valence-electron chi connectivity index (χ3n) is 4.61. The Morgan fingerprint density at radius 3 is 2.86 bits per heavy atom. The molecule has 1 saturated heterocycles. The predicted octanol–water partition coefficient (Wildman–Crippen LogP) is 3.01. The summed E-state index contributed by atoms with van der Waals surface area (Å²) in [6, 6.07) is 9.69. The van der Waals surface area contributed by atoms with Crippen molar-refractivity contribution in [3.05, 3.63) is 35.9 Å². The van der Waals surface area contributed by atoms with Crippen LogP contribution in [0.5, 0.6) is 0 Å². The number of ether oxygens (including phenoxy) is 1. The minimum Gasteiger partial charge on any atom is -0.445 e. The minimum atomic E-state index is -0.254. The van der Waals surface area contributed by atoms with Gasteiger partial charge in [0.25, 0.3) is 0 Å². The molecule has 2 aliphatic rings. The number of rotatable bonds is 2. The quantitative estimate of drug-likeness (QED) is 0.840. The molecule has 1 aliphatic heterocycles. The lowest BCUT2D eigenvalue weighted by molar-refractivity contribution is -0.128. The Hall–Kier alpha value is -1.84. The first kappa shape index (κ1) is 14.1. The number of Topliss-reactive ketones (excluding diaryl/α,β-unsaturated/α-hetero) is 1. The molecule has 3 rings (SSSR count).